The van der Waals surface area contributed by atoms with Crippen LogP contribution in [0.5, 0.6) is 23.0 Å². The molecule has 1 N–H and O–H groups in total. The largest absolute Gasteiger partial charge is 0.488 e. The third-order valence-corrected chi connectivity index (χ3v) is 8.29. The van der Waals surface area contributed by atoms with E-state index in [0.29, 0.717) is 68.9 Å². The number of hydrogen-bond donors (Lipinski definition) is 1. The summed E-state index contributed by atoms with van der Waals surface area (Å²) < 4.78 is 23.4. The lowest BCUT2D eigenvalue weighted by molar-refractivity contribution is 0.141. The van der Waals surface area contributed by atoms with Gasteiger partial charge in [0.2, 0.25) is 0 Å². The number of para-hydroxylation sites is 1. The van der Waals surface area contributed by atoms with Crippen LogP contribution in [0.25, 0.3) is 10.9 Å². The molecule has 3 heterocycles. The number of amides is 2. The number of methoxy groups -OCH3 is 1. The van der Waals surface area contributed by atoms with Crippen LogP contribution in [0, 0.1) is 0 Å². The van der Waals surface area contributed by atoms with Gasteiger partial charge in [0.15, 0.2) is 11.5 Å². The Hall–Kier alpha value is -4.61. The normalized spacial score (nSPS) is 15.5. The average molecular weight is 627 g/mol. The summed E-state index contributed by atoms with van der Waals surface area (Å²) in [6.07, 6.45) is 5.40. The van der Waals surface area contributed by atoms with Gasteiger partial charge in [0, 0.05) is 57.0 Å². The molecule has 0 bridgehead atoms. The highest BCUT2D eigenvalue weighted by atomic mass is 16.5. The van der Waals surface area contributed by atoms with Gasteiger partial charge in [-0.2, -0.15) is 0 Å². The van der Waals surface area contributed by atoms with Gasteiger partial charge in [0.05, 0.1) is 12.1 Å². The summed E-state index contributed by atoms with van der Waals surface area (Å²) in [7, 11) is 1.66. The molecule has 2 saturated heterocycles. The van der Waals surface area contributed by atoms with Gasteiger partial charge in [-0.25, -0.2) is 14.8 Å². The molecule has 0 unspecified atom stereocenters. The van der Waals surface area contributed by atoms with Crippen LogP contribution in [0.2, 0.25) is 0 Å². The number of piperidine rings is 1. The third kappa shape index (κ3) is 8.15. The Morgan fingerprint density at radius 1 is 0.783 bits per heavy atom. The number of nitrogens with zero attached hydrogens (tertiary/aromatic N) is 5. The Kier molecular flexibility index (Phi) is 10.6. The van der Waals surface area contributed by atoms with Crippen molar-refractivity contribution >= 4 is 28.4 Å². The number of ether oxygens (including phenoxy) is 4. The summed E-state index contributed by atoms with van der Waals surface area (Å²) >= 11 is 0. The number of nitrogens with one attached hydrogen (secondary N) is 1. The lowest BCUT2D eigenvalue weighted by atomic mass is 10.1. The fourth-order valence-electron chi connectivity index (χ4n) is 5.79. The Morgan fingerprint density at radius 3 is 2.26 bits per heavy atom. The zero-order valence-electron chi connectivity index (χ0n) is 26.4. The summed E-state index contributed by atoms with van der Waals surface area (Å²) in [5, 5.41) is 3.89. The number of fused-ring (bicyclic) bond motifs is 1. The van der Waals surface area contributed by atoms with Crippen molar-refractivity contribution in [1.29, 1.82) is 0 Å². The predicted molar refractivity (Wildman–Crippen MR) is 178 cm³/mol. The van der Waals surface area contributed by atoms with Gasteiger partial charge in [-0.15, -0.1) is 0 Å². The van der Waals surface area contributed by atoms with Crippen LogP contribution < -0.4 is 24.4 Å². The molecule has 0 spiro atoms. The van der Waals surface area contributed by atoms with E-state index in [4.69, 9.17) is 18.9 Å². The van der Waals surface area contributed by atoms with E-state index in [1.165, 1.54) is 19.3 Å². The van der Waals surface area contributed by atoms with Gasteiger partial charge in [-0.3, -0.25) is 4.90 Å². The molecule has 2 aliphatic heterocycles. The number of benzene rings is 3. The van der Waals surface area contributed by atoms with E-state index in [1.807, 2.05) is 71.6 Å². The smallest absolute Gasteiger partial charge is 0.321 e. The molecular formula is C35H42N6O5. The molecule has 46 heavy (non-hydrogen) atoms. The highest BCUT2D eigenvalue weighted by Crippen LogP contribution is 2.35. The fraction of sp³-hybridized carbons (Fsp3) is 0.400. The Bertz CT molecular complexity index is 1560. The molecule has 0 saturated carbocycles. The zero-order chi connectivity index (χ0) is 31.6. The molecule has 0 aliphatic carbocycles. The first kappa shape index (κ1) is 31.4. The van der Waals surface area contributed by atoms with Gasteiger partial charge in [0.25, 0.3) is 0 Å². The first-order valence-corrected chi connectivity index (χ1v) is 16.1. The second kappa shape index (κ2) is 15.6. The minimum atomic E-state index is -0.135. The fourth-order valence-corrected chi connectivity index (χ4v) is 5.79. The van der Waals surface area contributed by atoms with E-state index in [0.717, 1.165) is 42.1 Å². The monoisotopic (exact) mass is 626 g/mol. The third-order valence-electron chi connectivity index (χ3n) is 8.29. The van der Waals surface area contributed by atoms with E-state index in [9.17, 15) is 4.79 Å². The van der Waals surface area contributed by atoms with E-state index < -0.39 is 0 Å². The van der Waals surface area contributed by atoms with Gasteiger partial charge < -0.3 is 34.1 Å². The number of aromatic nitrogens is 2. The predicted octanol–water partition coefficient (Wildman–Crippen LogP) is 5.67. The summed E-state index contributed by atoms with van der Waals surface area (Å²) in [5.74, 6) is 3.61. The molecule has 2 amide bonds. The second-order valence-corrected chi connectivity index (χ2v) is 11.4. The number of urea groups is 1. The van der Waals surface area contributed by atoms with Crippen LogP contribution in [0.15, 0.2) is 73.1 Å². The lowest BCUT2D eigenvalue weighted by Crippen LogP contribution is -2.50. The van der Waals surface area contributed by atoms with E-state index in [-0.39, 0.29) is 6.03 Å². The van der Waals surface area contributed by atoms with Crippen molar-refractivity contribution in [2.24, 2.45) is 0 Å². The molecule has 4 aromatic rings. The minimum absolute atomic E-state index is 0.135. The molecule has 0 atom stereocenters. The highest BCUT2D eigenvalue weighted by molar-refractivity contribution is 5.92. The standard InChI is InChI=1S/C35H42N6O5/c1-43-22-23-45-32-24-30-31(25-33(32)44-21-20-39-14-6-3-7-15-39)36-26-37-34(30)40-16-18-41(19-17-40)35(42)38-27-10-12-29(13-11-27)46-28-8-4-2-5-9-28/h2,4-5,8-13,24-26H,3,6-7,14-23H2,1H3,(H,38,42). The maximum absolute atomic E-state index is 13.1. The van der Waals surface area contributed by atoms with Crippen LogP contribution in [0.1, 0.15) is 19.3 Å². The zero-order valence-corrected chi connectivity index (χ0v) is 26.4. The first-order chi connectivity index (χ1) is 22.7. The molecule has 11 heteroatoms. The van der Waals surface area contributed by atoms with Crippen molar-refractivity contribution < 1.29 is 23.7 Å². The highest BCUT2D eigenvalue weighted by Gasteiger charge is 2.24. The maximum atomic E-state index is 13.1. The number of anilines is 2. The number of carbonyl (C=O) groups is 1. The van der Waals surface area contributed by atoms with E-state index in [1.54, 1.807) is 13.4 Å². The summed E-state index contributed by atoms with van der Waals surface area (Å²) in [6, 6.07) is 20.8. The number of carbonyl (C=O) groups excluding carboxylic acids is 1. The van der Waals surface area contributed by atoms with Crippen molar-refractivity contribution in [3.8, 4) is 23.0 Å². The van der Waals surface area contributed by atoms with Crippen LogP contribution in [0.3, 0.4) is 0 Å². The van der Waals surface area contributed by atoms with Gasteiger partial charge in [-0.05, 0) is 68.4 Å². The van der Waals surface area contributed by atoms with Crippen molar-refractivity contribution in [1.82, 2.24) is 19.8 Å². The van der Waals surface area contributed by atoms with Crippen LogP contribution in [-0.2, 0) is 4.74 Å². The van der Waals surface area contributed by atoms with E-state index >= 15 is 0 Å². The molecule has 6 rings (SSSR count). The summed E-state index contributed by atoms with van der Waals surface area (Å²) in [4.78, 5) is 28.8. The molecular weight excluding hydrogens is 584 g/mol. The molecule has 242 valence electrons. The van der Waals surface area contributed by atoms with Crippen LogP contribution >= 0.6 is 0 Å². The number of rotatable bonds is 12. The molecule has 0 radical (unpaired) electrons. The Balaban J connectivity index is 1.08. The molecule has 2 aliphatic rings. The van der Waals surface area contributed by atoms with Crippen molar-refractivity contribution in [3.63, 3.8) is 0 Å². The lowest BCUT2D eigenvalue weighted by Gasteiger charge is -2.35. The maximum Gasteiger partial charge on any atom is 0.321 e. The second-order valence-electron chi connectivity index (χ2n) is 11.4. The number of likely N-dealkylation sites (tertiary alicyclic amines) is 1. The Labute approximate surface area is 270 Å². The van der Waals surface area contributed by atoms with E-state index in [2.05, 4.69) is 25.1 Å². The molecule has 3 aromatic carbocycles. The van der Waals surface area contributed by atoms with Gasteiger partial charge >= 0.3 is 6.03 Å². The minimum Gasteiger partial charge on any atom is -0.488 e. The van der Waals surface area contributed by atoms with Crippen molar-refractivity contribution in [2.75, 3.05) is 83.0 Å². The SMILES string of the molecule is COCCOc1cc2c(N3CCN(C(=O)Nc4ccc(Oc5ccccc5)cc4)CC3)ncnc2cc1OCCN1CCCCC1. The number of piperazine rings is 1. The van der Waals surface area contributed by atoms with Crippen LogP contribution in [-0.4, -0.2) is 98.5 Å². The quantitative estimate of drug-likeness (QED) is 0.200. The van der Waals surface area contributed by atoms with Gasteiger partial charge in [0.1, 0.15) is 36.9 Å². The van der Waals surface area contributed by atoms with Crippen molar-refractivity contribution in [3.05, 3.63) is 73.1 Å². The topological polar surface area (TPSA) is 102 Å². The Morgan fingerprint density at radius 2 is 1.50 bits per heavy atom. The van der Waals surface area contributed by atoms with Crippen molar-refractivity contribution in [2.45, 2.75) is 19.3 Å². The average Bonchev–Trinajstić information content (AvgIpc) is 3.10. The number of hydrogen-bond acceptors (Lipinski definition) is 9. The molecule has 2 fully saturated rings. The van der Waals surface area contributed by atoms with Crippen LogP contribution in [0.4, 0.5) is 16.3 Å². The summed E-state index contributed by atoms with van der Waals surface area (Å²) in [5.41, 5.74) is 1.50. The summed E-state index contributed by atoms with van der Waals surface area (Å²) in [6.45, 7) is 6.99. The van der Waals surface area contributed by atoms with Gasteiger partial charge in [-0.1, -0.05) is 24.6 Å². The molecule has 1 aromatic heterocycles. The first-order valence-electron chi connectivity index (χ1n) is 16.1. The molecule has 11 nitrogen and oxygen atoms in total.